The fraction of sp³-hybridized carbons (Fsp3) is 0.389. The molecule has 1 N–H and O–H groups in total. The van der Waals surface area contributed by atoms with Crippen molar-refractivity contribution >= 4 is 5.95 Å². The summed E-state index contributed by atoms with van der Waals surface area (Å²) in [5, 5.41) is 7.12. The minimum absolute atomic E-state index is 0.0761. The third-order valence-corrected chi connectivity index (χ3v) is 4.25. The lowest BCUT2D eigenvalue weighted by Gasteiger charge is -2.07. The predicted molar refractivity (Wildman–Crippen MR) is 94.3 cm³/mol. The van der Waals surface area contributed by atoms with E-state index in [0.717, 1.165) is 42.1 Å². The van der Waals surface area contributed by atoms with Crippen molar-refractivity contribution in [2.75, 3.05) is 11.9 Å². The first-order valence-electron chi connectivity index (χ1n) is 8.64. The van der Waals surface area contributed by atoms with Crippen molar-refractivity contribution < 1.29 is 9.26 Å². The van der Waals surface area contributed by atoms with Crippen molar-refractivity contribution in [3.05, 3.63) is 47.5 Å². The smallest absolute Gasteiger partial charge is 0.255 e. The number of aromatic nitrogens is 5. The lowest BCUT2D eigenvalue weighted by Crippen LogP contribution is -2.06. The molecular weight excluding hydrogens is 332 g/mol. The van der Waals surface area contributed by atoms with Gasteiger partial charge in [0.1, 0.15) is 6.10 Å². The van der Waals surface area contributed by atoms with Gasteiger partial charge in [-0.15, -0.1) is 0 Å². The summed E-state index contributed by atoms with van der Waals surface area (Å²) < 4.78 is 10.8. The molecule has 0 aliphatic carbocycles. The molecular formula is C18H20N6O2. The normalized spacial score (nSPS) is 16.8. The Bertz CT molecular complexity index is 904. The largest absolute Gasteiger partial charge is 0.368 e. The Labute approximate surface area is 151 Å². The summed E-state index contributed by atoms with van der Waals surface area (Å²) in [4.78, 5) is 17.7. The van der Waals surface area contributed by atoms with E-state index in [2.05, 4.69) is 30.4 Å². The van der Waals surface area contributed by atoms with Gasteiger partial charge in [0.25, 0.3) is 5.89 Å². The number of rotatable bonds is 5. The van der Waals surface area contributed by atoms with Crippen LogP contribution in [0.5, 0.6) is 0 Å². The van der Waals surface area contributed by atoms with Crippen molar-refractivity contribution in [2.24, 2.45) is 0 Å². The molecule has 26 heavy (non-hydrogen) atoms. The highest BCUT2D eigenvalue weighted by Crippen LogP contribution is 2.27. The van der Waals surface area contributed by atoms with Crippen LogP contribution < -0.4 is 5.32 Å². The Morgan fingerprint density at radius 2 is 2.08 bits per heavy atom. The van der Waals surface area contributed by atoms with E-state index < -0.39 is 0 Å². The van der Waals surface area contributed by atoms with Gasteiger partial charge in [0, 0.05) is 29.8 Å². The van der Waals surface area contributed by atoms with Gasteiger partial charge in [-0.2, -0.15) is 4.98 Å². The molecule has 0 radical (unpaired) electrons. The van der Waals surface area contributed by atoms with Gasteiger partial charge in [-0.05, 0) is 44.9 Å². The zero-order valence-corrected chi connectivity index (χ0v) is 14.8. The van der Waals surface area contributed by atoms with Crippen molar-refractivity contribution in [2.45, 2.75) is 39.3 Å². The van der Waals surface area contributed by atoms with E-state index in [9.17, 15) is 0 Å². The third-order valence-electron chi connectivity index (χ3n) is 4.25. The second kappa shape index (κ2) is 7.17. The van der Waals surface area contributed by atoms with Crippen LogP contribution in [0.25, 0.3) is 11.3 Å². The molecule has 4 heterocycles. The van der Waals surface area contributed by atoms with E-state index in [-0.39, 0.29) is 6.10 Å². The maximum absolute atomic E-state index is 5.55. The number of hydrogen-bond donors (Lipinski definition) is 1. The number of pyridine rings is 1. The summed E-state index contributed by atoms with van der Waals surface area (Å²) in [7, 11) is 0. The fourth-order valence-corrected chi connectivity index (χ4v) is 2.95. The average Bonchev–Trinajstić information content (AvgIpc) is 3.32. The zero-order valence-electron chi connectivity index (χ0n) is 14.8. The Hall–Kier alpha value is -2.87. The Morgan fingerprint density at radius 3 is 2.88 bits per heavy atom. The van der Waals surface area contributed by atoms with Crippen LogP contribution >= 0.6 is 0 Å². The molecule has 1 aliphatic heterocycles. The number of ether oxygens (including phenoxy) is 1. The van der Waals surface area contributed by atoms with Gasteiger partial charge in [-0.25, -0.2) is 9.97 Å². The first-order valence-corrected chi connectivity index (χ1v) is 8.64. The number of nitrogens with one attached hydrogen (secondary N) is 1. The number of aryl methyl sites for hydroxylation is 2. The van der Waals surface area contributed by atoms with Crippen LogP contribution in [0.3, 0.4) is 0 Å². The topological polar surface area (TPSA) is 98.9 Å². The summed E-state index contributed by atoms with van der Waals surface area (Å²) in [6.07, 6.45) is 3.59. The lowest BCUT2D eigenvalue weighted by atomic mass is 10.1. The van der Waals surface area contributed by atoms with Gasteiger partial charge in [-0.3, -0.25) is 4.98 Å². The van der Waals surface area contributed by atoms with Gasteiger partial charge in [0.2, 0.25) is 5.95 Å². The highest BCUT2D eigenvalue weighted by molar-refractivity contribution is 5.62. The van der Waals surface area contributed by atoms with Gasteiger partial charge < -0.3 is 14.6 Å². The molecule has 1 atom stereocenters. The first kappa shape index (κ1) is 16.6. The molecule has 0 bridgehead atoms. The highest BCUT2D eigenvalue weighted by atomic mass is 16.5. The fourth-order valence-electron chi connectivity index (χ4n) is 2.95. The third kappa shape index (κ3) is 3.55. The van der Waals surface area contributed by atoms with Gasteiger partial charge in [-0.1, -0.05) is 5.16 Å². The monoisotopic (exact) mass is 352 g/mol. The Kier molecular flexibility index (Phi) is 4.57. The standard InChI is InChI=1S/C18H20N6O2/c1-11-5-6-13(12(2)21-11)14-7-8-19-18(22-14)20-10-16-23-17(26-24-16)15-4-3-9-25-15/h5-8,15H,3-4,9-10H2,1-2H3,(H,19,20,22)/t15-/m1/s1. The number of anilines is 1. The van der Waals surface area contributed by atoms with Crippen LogP contribution in [-0.2, 0) is 11.3 Å². The molecule has 1 fully saturated rings. The lowest BCUT2D eigenvalue weighted by molar-refractivity contribution is 0.0835. The maximum Gasteiger partial charge on any atom is 0.255 e. The molecule has 3 aromatic heterocycles. The SMILES string of the molecule is Cc1ccc(-c2ccnc(NCc3noc([C@H]4CCCO4)n3)n2)c(C)n1. The molecule has 0 amide bonds. The molecule has 134 valence electrons. The molecule has 0 saturated carbocycles. The number of hydrogen-bond acceptors (Lipinski definition) is 8. The van der Waals surface area contributed by atoms with E-state index in [1.54, 1.807) is 6.20 Å². The molecule has 1 aliphatic rings. The summed E-state index contributed by atoms with van der Waals surface area (Å²) >= 11 is 0. The van der Waals surface area contributed by atoms with Crippen LogP contribution in [0.4, 0.5) is 5.95 Å². The summed E-state index contributed by atoms with van der Waals surface area (Å²) in [6.45, 7) is 5.07. The molecule has 4 rings (SSSR count). The van der Waals surface area contributed by atoms with Crippen LogP contribution in [-0.4, -0.2) is 31.7 Å². The Balaban J connectivity index is 1.45. The van der Waals surface area contributed by atoms with Crippen LogP contribution in [0, 0.1) is 13.8 Å². The van der Waals surface area contributed by atoms with E-state index in [4.69, 9.17) is 9.26 Å². The van der Waals surface area contributed by atoms with E-state index in [1.807, 2.05) is 32.0 Å². The summed E-state index contributed by atoms with van der Waals surface area (Å²) in [5.41, 5.74) is 3.73. The molecule has 1 saturated heterocycles. The van der Waals surface area contributed by atoms with Crippen molar-refractivity contribution in [1.82, 2.24) is 25.1 Å². The van der Waals surface area contributed by atoms with Crippen LogP contribution in [0.15, 0.2) is 28.9 Å². The summed E-state index contributed by atoms with van der Waals surface area (Å²) in [5.74, 6) is 1.60. The minimum atomic E-state index is -0.0761. The second-order valence-corrected chi connectivity index (χ2v) is 6.26. The van der Waals surface area contributed by atoms with E-state index >= 15 is 0 Å². The van der Waals surface area contributed by atoms with E-state index in [1.165, 1.54) is 0 Å². The van der Waals surface area contributed by atoms with Gasteiger partial charge in [0.05, 0.1) is 12.2 Å². The quantitative estimate of drug-likeness (QED) is 0.748. The first-order chi connectivity index (χ1) is 12.7. The number of nitrogens with zero attached hydrogens (tertiary/aromatic N) is 5. The van der Waals surface area contributed by atoms with Crippen molar-refractivity contribution in [3.8, 4) is 11.3 Å². The second-order valence-electron chi connectivity index (χ2n) is 6.26. The molecule has 0 aromatic carbocycles. The average molecular weight is 352 g/mol. The molecule has 8 nitrogen and oxygen atoms in total. The van der Waals surface area contributed by atoms with Crippen molar-refractivity contribution in [3.63, 3.8) is 0 Å². The van der Waals surface area contributed by atoms with Gasteiger partial charge >= 0.3 is 0 Å². The van der Waals surface area contributed by atoms with E-state index in [0.29, 0.717) is 24.2 Å². The maximum atomic E-state index is 5.55. The van der Waals surface area contributed by atoms with Crippen LogP contribution in [0.1, 0.15) is 42.0 Å². The summed E-state index contributed by atoms with van der Waals surface area (Å²) in [6, 6.07) is 5.87. The van der Waals surface area contributed by atoms with Crippen molar-refractivity contribution in [1.29, 1.82) is 0 Å². The molecule has 8 heteroatoms. The molecule has 3 aromatic rings. The molecule has 0 spiro atoms. The van der Waals surface area contributed by atoms with Gasteiger partial charge in [0.15, 0.2) is 5.82 Å². The molecule has 0 unspecified atom stereocenters. The highest BCUT2D eigenvalue weighted by Gasteiger charge is 2.23. The van der Waals surface area contributed by atoms with Crippen LogP contribution in [0.2, 0.25) is 0 Å². The predicted octanol–water partition coefficient (Wildman–Crippen LogP) is 3.00. The Morgan fingerprint density at radius 1 is 1.15 bits per heavy atom. The minimum Gasteiger partial charge on any atom is -0.368 e. The zero-order chi connectivity index (χ0) is 17.9.